The van der Waals surface area contributed by atoms with Crippen LogP contribution in [0.15, 0.2) is 67.0 Å². The number of aliphatic hydroxyl groups is 1. The molecule has 9 nitrogen and oxygen atoms in total. The van der Waals surface area contributed by atoms with Gasteiger partial charge in [-0.3, -0.25) is 9.20 Å². The number of aromatic nitrogens is 2. The number of pyridine rings is 1. The number of imidazole rings is 1. The minimum Gasteiger partial charge on any atom is -0.491 e. The molecule has 0 bridgehead atoms. The van der Waals surface area contributed by atoms with Gasteiger partial charge >= 0.3 is 6.03 Å². The van der Waals surface area contributed by atoms with Crippen LogP contribution in [0, 0.1) is 12.7 Å². The van der Waals surface area contributed by atoms with E-state index in [9.17, 15) is 14.0 Å². The zero-order chi connectivity index (χ0) is 25.7. The zero-order valence-corrected chi connectivity index (χ0v) is 19.8. The number of fused-ring (bicyclic) bond motifs is 1. The van der Waals surface area contributed by atoms with Crippen molar-refractivity contribution in [2.24, 2.45) is 0 Å². The van der Waals surface area contributed by atoms with Gasteiger partial charge in [0.2, 0.25) is 0 Å². The van der Waals surface area contributed by atoms with Gasteiger partial charge in [-0.2, -0.15) is 0 Å². The van der Waals surface area contributed by atoms with Gasteiger partial charge in [0, 0.05) is 23.6 Å². The molecular weight excluding hydrogens is 465 g/mol. The summed E-state index contributed by atoms with van der Waals surface area (Å²) in [5.41, 5.74) is 3.42. The lowest BCUT2D eigenvalue weighted by Gasteiger charge is -2.17. The Morgan fingerprint density at radius 2 is 1.97 bits per heavy atom. The third kappa shape index (κ3) is 5.78. The summed E-state index contributed by atoms with van der Waals surface area (Å²) < 4.78 is 20.4. The highest BCUT2D eigenvalue weighted by molar-refractivity contribution is 6.04. The summed E-state index contributed by atoms with van der Waals surface area (Å²) in [6.45, 7) is 3.74. The average Bonchev–Trinajstić information content (AvgIpc) is 3.27. The van der Waals surface area contributed by atoms with Gasteiger partial charge in [0.05, 0.1) is 18.8 Å². The van der Waals surface area contributed by atoms with Crippen LogP contribution in [0.5, 0.6) is 5.75 Å². The van der Waals surface area contributed by atoms with Crippen molar-refractivity contribution in [1.82, 2.24) is 14.7 Å². The van der Waals surface area contributed by atoms with Crippen molar-refractivity contribution in [1.29, 1.82) is 0 Å². The van der Waals surface area contributed by atoms with E-state index in [1.165, 1.54) is 24.4 Å². The van der Waals surface area contributed by atoms with Crippen LogP contribution < -0.4 is 20.7 Å². The van der Waals surface area contributed by atoms with Gasteiger partial charge in [-0.15, -0.1) is 0 Å². The van der Waals surface area contributed by atoms with E-state index in [-0.39, 0.29) is 25.2 Å². The highest BCUT2D eigenvalue weighted by Crippen LogP contribution is 2.23. The van der Waals surface area contributed by atoms with Gasteiger partial charge in [-0.1, -0.05) is 18.2 Å². The fraction of sp³-hybridized carbons (Fsp3) is 0.192. The Morgan fingerprint density at radius 1 is 1.14 bits per heavy atom. The lowest BCUT2D eigenvalue weighted by atomic mass is 10.0. The molecule has 2 aromatic heterocycles. The number of carbonyl (C=O) groups is 2. The first-order valence-corrected chi connectivity index (χ1v) is 11.3. The van der Waals surface area contributed by atoms with E-state index in [4.69, 9.17) is 9.84 Å². The number of ether oxygens (including phenoxy) is 1. The summed E-state index contributed by atoms with van der Waals surface area (Å²) in [4.78, 5) is 29.7. The maximum absolute atomic E-state index is 13.4. The second-order valence-corrected chi connectivity index (χ2v) is 8.17. The number of hydrogen-bond acceptors (Lipinski definition) is 5. The van der Waals surface area contributed by atoms with Crippen molar-refractivity contribution >= 4 is 29.0 Å². The molecule has 2 aromatic carbocycles. The van der Waals surface area contributed by atoms with Crippen molar-refractivity contribution in [3.8, 4) is 5.75 Å². The first kappa shape index (κ1) is 24.7. The smallest absolute Gasteiger partial charge is 0.319 e. The Bertz CT molecular complexity index is 1400. The summed E-state index contributed by atoms with van der Waals surface area (Å²) >= 11 is 0. The molecule has 0 spiro atoms. The molecule has 0 aliphatic carbocycles. The standard InChI is InChI=1S/C26H26FN5O4/c1-16-6-7-18(17(2)29-26(35)30-20-5-3-4-19(27)13-20)12-22(16)31-25(34)23-15-28-24-14-21(36-11-10-33)8-9-32(23)24/h3-9,12-15,17,33H,10-11H2,1-2H3,(H,31,34)(H2,29,30,35). The van der Waals surface area contributed by atoms with Crippen LogP contribution in [0.25, 0.3) is 5.65 Å². The first-order chi connectivity index (χ1) is 17.3. The minimum absolute atomic E-state index is 0.0997. The molecule has 3 amide bonds. The first-order valence-electron chi connectivity index (χ1n) is 11.3. The number of amides is 3. The molecular formula is C26H26FN5O4. The number of benzene rings is 2. The van der Waals surface area contributed by atoms with E-state index < -0.39 is 11.8 Å². The van der Waals surface area contributed by atoms with Gasteiger partial charge in [-0.25, -0.2) is 14.2 Å². The second-order valence-electron chi connectivity index (χ2n) is 8.17. The second kappa shape index (κ2) is 10.9. The fourth-order valence-corrected chi connectivity index (χ4v) is 3.63. The van der Waals surface area contributed by atoms with Gasteiger partial charge in [0.1, 0.15) is 29.5 Å². The quantitative estimate of drug-likeness (QED) is 0.293. The normalized spacial score (nSPS) is 11.7. The van der Waals surface area contributed by atoms with Gasteiger partial charge in [0.15, 0.2) is 0 Å². The number of halogens is 1. The Morgan fingerprint density at radius 3 is 2.75 bits per heavy atom. The van der Waals surface area contributed by atoms with Crippen molar-refractivity contribution in [2.45, 2.75) is 19.9 Å². The number of rotatable bonds is 8. The Kier molecular flexibility index (Phi) is 7.45. The molecule has 4 aromatic rings. The van der Waals surface area contributed by atoms with E-state index in [0.717, 1.165) is 11.1 Å². The lowest BCUT2D eigenvalue weighted by molar-refractivity contribution is 0.102. The molecule has 186 valence electrons. The van der Waals surface area contributed by atoms with Crippen LogP contribution in [-0.2, 0) is 0 Å². The summed E-state index contributed by atoms with van der Waals surface area (Å²) in [6, 6.07) is 13.6. The van der Waals surface area contributed by atoms with Crippen molar-refractivity contribution in [3.63, 3.8) is 0 Å². The van der Waals surface area contributed by atoms with Gasteiger partial charge in [0.25, 0.3) is 5.91 Å². The van der Waals surface area contributed by atoms with Crippen LogP contribution >= 0.6 is 0 Å². The van der Waals surface area contributed by atoms with E-state index >= 15 is 0 Å². The summed E-state index contributed by atoms with van der Waals surface area (Å²) in [6.07, 6.45) is 3.15. The zero-order valence-electron chi connectivity index (χ0n) is 19.8. The lowest BCUT2D eigenvalue weighted by Crippen LogP contribution is -2.31. The molecule has 10 heteroatoms. The maximum Gasteiger partial charge on any atom is 0.319 e. The molecule has 2 heterocycles. The number of urea groups is 1. The summed E-state index contributed by atoms with van der Waals surface area (Å²) in [5, 5.41) is 17.2. The molecule has 0 saturated heterocycles. The molecule has 0 fully saturated rings. The number of aryl methyl sites for hydroxylation is 1. The number of nitrogens with one attached hydrogen (secondary N) is 3. The number of aliphatic hydroxyl groups excluding tert-OH is 1. The molecule has 0 saturated carbocycles. The minimum atomic E-state index is -0.479. The molecule has 0 radical (unpaired) electrons. The molecule has 36 heavy (non-hydrogen) atoms. The van der Waals surface area contributed by atoms with Crippen molar-refractivity contribution in [3.05, 3.63) is 89.6 Å². The van der Waals surface area contributed by atoms with Gasteiger partial charge < -0.3 is 25.8 Å². The third-order valence-corrected chi connectivity index (χ3v) is 5.52. The van der Waals surface area contributed by atoms with Crippen LogP contribution in [0.4, 0.5) is 20.6 Å². The summed E-state index contributed by atoms with van der Waals surface area (Å²) in [5.74, 6) is -0.252. The van der Waals surface area contributed by atoms with E-state index in [0.29, 0.717) is 28.5 Å². The molecule has 1 unspecified atom stereocenters. The number of hydrogen-bond donors (Lipinski definition) is 4. The average molecular weight is 492 g/mol. The third-order valence-electron chi connectivity index (χ3n) is 5.52. The summed E-state index contributed by atoms with van der Waals surface area (Å²) in [7, 11) is 0. The SMILES string of the molecule is Cc1ccc(C(C)NC(=O)Nc2cccc(F)c2)cc1NC(=O)c1cnc2cc(OCCO)ccn12. The molecule has 0 aliphatic heterocycles. The molecule has 0 aliphatic rings. The van der Waals surface area contributed by atoms with Crippen molar-refractivity contribution < 1.29 is 23.8 Å². The Balaban J connectivity index is 1.45. The maximum atomic E-state index is 13.4. The molecule has 4 N–H and O–H groups in total. The topological polar surface area (TPSA) is 117 Å². The van der Waals surface area contributed by atoms with Crippen LogP contribution in [0.3, 0.4) is 0 Å². The fourth-order valence-electron chi connectivity index (χ4n) is 3.63. The van der Waals surface area contributed by atoms with E-state index in [1.807, 2.05) is 26.0 Å². The predicted molar refractivity (Wildman–Crippen MR) is 134 cm³/mol. The number of anilines is 2. The number of nitrogens with zero attached hydrogens (tertiary/aromatic N) is 2. The van der Waals surface area contributed by atoms with Crippen LogP contribution in [0.2, 0.25) is 0 Å². The largest absolute Gasteiger partial charge is 0.491 e. The van der Waals surface area contributed by atoms with E-state index in [1.54, 1.807) is 34.9 Å². The molecule has 1 atom stereocenters. The van der Waals surface area contributed by atoms with Crippen LogP contribution in [0.1, 0.15) is 34.6 Å². The van der Waals surface area contributed by atoms with Gasteiger partial charge in [-0.05, 0) is 55.3 Å². The molecule has 4 rings (SSSR count). The Hall–Kier alpha value is -4.44. The Labute approximate surface area is 206 Å². The monoisotopic (exact) mass is 491 g/mol. The van der Waals surface area contributed by atoms with Crippen molar-refractivity contribution in [2.75, 3.05) is 23.8 Å². The highest BCUT2D eigenvalue weighted by Gasteiger charge is 2.16. The van der Waals surface area contributed by atoms with E-state index in [2.05, 4.69) is 20.9 Å². The number of carbonyl (C=O) groups excluding carboxylic acids is 2. The predicted octanol–water partition coefficient (Wildman–Crippen LogP) is 4.29. The van der Waals surface area contributed by atoms with Crippen LogP contribution in [-0.4, -0.2) is 39.6 Å². The highest BCUT2D eigenvalue weighted by atomic mass is 19.1.